The minimum absolute atomic E-state index is 0.240. The number of aryl methyl sites for hydroxylation is 1. The molecule has 0 saturated carbocycles. The van der Waals surface area contributed by atoms with Gasteiger partial charge >= 0.3 is 0 Å². The van der Waals surface area contributed by atoms with Crippen molar-refractivity contribution in [3.63, 3.8) is 0 Å². The van der Waals surface area contributed by atoms with E-state index in [4.69, 9.17) is 22.1 Å². The number of nitrogens with two attached hydrogens (primary N) is 1. The second-order valence-corrected chi connectivity index (χ2v) is 6.00. The van der Waals surface area contributed by atoms with Gasteiger partial charge < -0.3 is 10.5 Å². The van der Waals surface area contributed by atoms with Crippen molar-refractivity contribution in [2.75, 3.05) is 7.11 Å². The highest BCUT2D eigenvalue weighted by Gasteiger charge is 2.16. The molecule has 1 aromatic heterocycles. The molecule has 3 nitrogen and oxygen atoms in total. The summed E-state index contributed by atoms with van der Waals surface area (Å²) < 4.78 is 5.39. The minimum Gasteiger partial charge on any atom is -0.496 e. The predicted octanol–water partition coefficient (Wildman–Crippen LogP) is 4.45. The first-order chi connectivity index (χ1) is 11.1. The number of rotatable bonds is 4. The summed E-state index contributed by atoms with van der Waals surface area (Å²) in [6.45, 7) is 2.03. The van der Waals surface area contributed by atoms with Crippen LogP contribution in [0, 0.1) is 6.92 Å². The Labute approximate surface area is 141 Å². The van der Waals surface area contributed by atoms with E-state index in [1.54, 1.807) is 7.11 Å². The van der Waals surface area contributed by atoms with Crippen LogP contribution in [0.1, 0.15) is 22.7 Å². The van der Waals surface area contributed by atoms with Crippen molar-refractivity contribution < 1.29 is 4.74 Å². The Bertz CT molecular complexity index is 848. The van der Waals surface area contributed by atoms with E-state index in [1.165, 1.54) is 0 Å². The lowest BCUT2D eigenvalue weighted by molar-refractivity contribution is 0.408. The Morgan fingerprint density at radius 3 is 2.74 bits per heavy atom. The average molecular weight is 327 g/mol. The van der Waals surface area contributed by atoms with Gasteiger partial charge in [-0.1, -0.05) is 48.0 Å². The van der Waals surface area contributed by atoms with Crippen LogP contribution in [-0.2, 0) is 6.42 Å². The summed E-state index contributed by atoms with van der Waals surface area (Å²) in [7, 11) is 1.66. The zero-order valence-electron chi connectivity index (χ0n) is 13.2. The number of benzene rings is 2. The molecular formula is C19H19ClN2O. The number of halogens is 1. The largest absolute Gasteiger partial charge is 0.496 e. The monoisotopic (exact) mass is 326 g/mol. The second-order valence-electron chi connectivity index (χ2n) is 5.64. The average Bonchev–Trinajstić information content (AvgIpc) is 2.55. The first-order valence-electron chi connectivity index (χ1n) is 7.53. The lowest BCUT2D eigenvalue weighted by Crippen LogP contribution is -2.15. The molecule has 3 aromatic rings. The molecule has 0 radical (unpaired) electrons. The van der Waals surface area contributed by atoms with Crippen LogP contribution < -0.4 is 10.5 Å². The maximum atomic E-state index is 6.40. The summed E-state index contributed by atoms with van der Waals surface area (Å²) in [5, 5.41) is 1.52. The van der Waals surface area contributed by atoms with Crippen molar-refractivity contribution in [2.45, 2.75) is 19.4 Å². The molecular weight excluding hydrogens is 308 g/mol. The van der Waals surface area contributed by atoms with Crippen LogP contribution >= 0.6 is 11.6 Å². The Kier molecular flexibility index (Phi) is 4.51. The lowest BCUT2D eigenvalue weighted by atomic mass is 9.98. The quantitative estimate of drug-likeness (QED) is 0.721. The maximum absolute atomic E-state index is 6.40. The van der Waals surface area contributed by atoms with E-state index in [1.807, 2.05) is 55.5 Å². The highest BCUT2D eigenvalue weighted by molar-refractivity contribution is 6.30. The highest BCUT2D eigenvalue weighted by Crippen LogP contribution is 2.29. The van der Waals surface area contributed by atoms with Crippen LogP contribution in [0.2, 0.25) is 5.15 Å². The number of fused-ring (bicyclic) bond motifs is 1. The zero-order chi connectivity index (χ0) is 16.4. The number of para-hydroxylation sites is 2. The summed E-state index contributed by atoms with van der Waals surface area (Å²) in [6.07, 6.45) is 0.642. The predicted molar refractivity (Wildman–Crippen MR) is 95.1 cm³/mol. The summed E-state index contributed by atoms with van der Waals surface area (Å²) >= 11 is 6.39. The smallest absolute Gasteiger partial charge is 0.134 e. The topological polar surface area (TPSA) is 48.1 Å². The molecule has 0 spiro atoms. The first-order valence-corrected chi connectivity index (χ1v) is 7.91. The third-order valence-corrected chi connectivity index (χ3v) is 4.36. The van der Waals surface area contributed by atoms with E-state index in [-0.39, 0.29) is 6.04 Å². The van der Waals surface area contributed by atoms with Gasteiger partial charge in [-0.2, -0.15) is 0 Å². The maximum Gasteiger partial charge on any atom is 0.134 e. The summed E-state index contributed by atoms with van der Waals surface area (Å²) in [5.41, 5.74) is 10.3. The molecule has 0 bridgehead atoms. The van der Waals surface area contributed by atoms with Gasteiger partial charge in [-0.3, -0.25) is 0 Å². The fourth-order valence-corrected chi connectivity index (χ4v) is 3.10. The highest BCUT2D eigenvalue weighted by atomic mass is 35.5. The van der Waals surface area contributed by atoms with Gasteiger partial charge in [-0.05, 0) is 36.6 Å². The fourth-order valence-electron chi connectivity index (χ4n) is 2.82. The summed E-state index contributed by atoms with van der Waals surface area (Å²) in [4.78, 5) is 4.53. The van der Waals surface area contributed by atoms with E-state index in [9.17, 15) is 0 Å². The number of hydrogen-bond donors (Lipinski definition) is 1. The van der Waals surface area contributed by atoms with E-state index in [0.717, 1.165) is 33.3 Å². The van der Waals surface area contributed by atoms with Crippen LogP contribution in [0.4, 0.5) is 0 Å². The fraction of sp³-hybridized carbons (Fsp3) is 0.211. The molecule has 118 valence electrons. The first kappa shape index (κ1) is 15.8. The molecule has 0 aliphatic carbocycles. The van der Waals surface area contributed by atoms with Crippen LogP contribution in [-0.4, -0.2) is 12.1 Å². The Morgan fingerprint density at radius 1 is 1.17 bits per heavy atom. The van der Waals surface area contributed by atoms with E-state index in [0.29, 0.717) is 11.6 Å². The van der Waals surface area contributed by atoms with E-state index >= 15 is 0 Å². The van der Waals surface area contributed by atoms with Gasteiger partial charge in [0.05, 0.1) is 12.6 Å². The van der Waals surface area contributed by atoms with Crippen molar-refractivity contribution in [1.29, 1.82) is 0 Å². The normalized spacial score (nSPS) is 12.3. The van der Waals surface area contributed by atoms with E-state index in [2.05, 4.69) is 4.98 Å². The van der Waals surface area contributed by atoms with Crippen molar-refractivity contribution in [3.8, 4) is 5.75 Å². The van der Waals surface area contributed by atoms with Gasteiger partial charge in [-0.15, -0.1) is 0 Å². The van der Waals surface area contributed by atoms with Crippen molar-refractivity contribution in [1.82, 2.24) is 4.98 Å². The molecule has 0 saturated heterocycles. The standard InChI is InChI=1S/C19H19ClN2O/c1-12-6-5-8-14-10-15(19(20)22-18(12)14)16(21)11-13-7-3-4-9-17(13)23-2/h3-10,16H,11,21H2,1-2H3. The van der Waals surface area contributed by atoms with Crippen LogP contribution in [0.25, 0.3) is 10.9 Å². The number of hydrogen-bond acceptors (Lipinski definition) is 3. The number of pyridine rings is 1. The molecule has 3 rings (SSSR count). The van der Waals surface area contributed by atoms with Crippen molar-refractivity contribution in [2.24, 2.45) is 5.73 Å². The Morgan fingerprint density at radius 2 is 1.96 bits per heavy atom. The van der Waals surface area contributed by atoms with Gasteiger partial charge in [0.1, 0.15) is 10.9 Å². The molecule has 4 heteroatoms. The number of methoxy groups -OCH3 is 1. The summed E-state index contributed by atoms with van der Waals surface area (Å²) in [6, 6.07) is 15.8. The van der Waals surface area contributed by atoms with E-state index < -0.39 is 0 Å². The molecule has 2 aromatic carbocycles. The molecule has 2 N–H and O–H groups in total. The second kappa shape index (κ2) is 6.57. The Hall–Kier alpha value is -2.10. The van der Waals surface area contributed by atoms with Gasteiger partial charge in [0.15, 0.2) is 0 Å². The van der Waals surface area contributed by atoms with Crippen LogP contribution in [0.3, 0.4) is 0 Å². The molecule has 0 aliphatic heterocycles. The van der Waals surface area contributed by atoms with Gasteiger partial charge in [0, 0.05) is 17.0 Å². The van der Waals surface area contributed by atoms with Crippen LogP contribution in [0.5, 0.6) is 5.75 Å². The third-order valence-electron chi connectivity index (χ3n) is 4.06. The van der Waals surface area contributed by atoms with Crippen molar-refractivity contribution >= 4 is 22.5 Å². The van der Waals surface area contributed by atoms with Gasteiger partial charge in [0.25, 0.3) is 0 Å². The van der Waals surface area contributed by atoms with Crippen molar-refractivity contribution in [3.05, 3.63) is 70.4 Å². The molecule has 1 heterocycles. The van der Waals surface area contributed by atoms with Crippen LogP contribution in [0.15, 0.2) is 48.5 Å². The third kappa shape index (κ3) is 3.16. The molecule has 1 unspecified atom stereocenters. The van der Waals surface area contributed by atoms with Gasteiger partial charge in [0.2, 0.25) is 0 Å². The number of ether oxygens (including phenoxy) is 1. The molecule has 23 heavy (non-hydrogen) atoms. The molecule has 0 aliphatic rings. The number of aromatic nitrogens is 1. The molecule has 0 fully saturated rings. The Balaban J connectivity index is 1.97. The van der Waals surface area contributed by atoms with Gasteiger partial charge in [-0.25, -0.2) is 4.98 Å². The lowest BCUT2D eigenvalue weighted by Gasteiger charge is -2.16. The summed E-state index contributed by atoms with van der Waals surface area (Å²) in [5.74, 6) is 0.837. The molecule has 0 amide bonds. The zero-order valence-corrected chi connectivity index (χ0v) is 14.0. The number of nitrogens with zero attached hydrogens (tertiary/aromatic N) is 1. The SMILES string of the molecule is COc1ccccc1CC(N)c1cc2cccc(C)c2nc1Cl. The molecule has 1 atom stereocenters. The minimum atomic E-state index is -0.240.